The van der Waals surface area contributed by atoms with Gasteiger partial charge in [0.15, 0.2) is 0 Å². The summed E-state index contributed by atoms with van der Waals surface area (Å²) in [5.74, 6) is 0. The predicted octanol–water partition coefficient (Wildman–Crippen LogP) is 16.0. The summed E-state index contributed by atoms with van der Waals surface area (Å²) in [5, 5.41) is 2.17. The molecule has 0 bridgehead atoms. The van der Waals surface area contributed by atoms with E-state index in [4.69, 9.17) is 4.42 Å². The zero-order chi connectivity index (χ0) is 39.5. The van der Waals surface area contributed by atoms with Crippen molar-refractivity contribution in [3.8, 4) is 55.6 Å². The number of rotatable bonds is 7. The van der Waals surface area contributed by atoms with Crippen LogP contribution >= 0.6 is 0 Å². The molecule has 0 radical (unpaired) electrons. The third-order valence-electron chi connectivity index (χ3n) is 12.3. The summed E-state index contributed by atoms with van der Waals surface area (Å²) in [6, 6.07) is 76.9. The van der Waals surface area contributed by atoms with Gasteiger partial charge in [-0.2, -0.15) is 0 Å². The summed E-state index contributed by atoms with van der Waals surface area (Å²) >= 11 is 0. The van der Waals surface area contributed by atoms with Gasteiger partial charge in [0.2, 0.25) is 0 Å². The van der Waals surface area contributed by atoms with Gasteiger partial charge in [0, 0.05) is 22.1 Å². The zero-order valence-corrected chi connectivity index (χ0v) is 33.1. The molecule has 0 N–H and O–H groups in total. The van der Waals surface area contributed by atoms with Crippen LogP contribution in [0, 0.1) is 0 Å². The van der Waals surface area contributed by atoms with E-state index in [0.717, 1.165) is 61.3 Å². The lowest BCUT2D eigenvalue weighted by atomic mass is 9.82. The van der Waals surface area contributed by atoms with Crippen LogP contribution in [0.25, 0.3) is 77.6 Å². The van der Waals surface area contributed by atoms with Crippen molar-refractivity contribution in [3.05, 3.63) is 223 Å². The first-order chi connectivity index (χ1) is 29.0. The molecule has 0 aliphatic heterocycles. The van der Waals surface area contributed by atoms with Gasteiger partial charge in [-0.25, -0.2) is 0 Å². The third kappa shape index (κ3) is 5.71. The molecule has 0 fully saturated rings. The van der Waals surface area contributed by atoms with Crippen LogP contribution in [0.1, 0.15) is 25.0 Å². The van der Waals surface area contributed by atoms with Gasteiger partial charge in [-0.3, -0.25) is 0 Å². The fourth-order valence-corrected chi connectivity index (χ4v) is 9.51. The quantitative estimate of drug-likeness (QED) is 0.161. The Morgan fingerprint density at radius 3 is 1.75 bits per heavy atom. The summed E-state index contributed by atoms with van der Waals surface area (Å²) in [7, 11) is 0. The number of benzene rings is 9. The maximum Gasteiger partial charge on any atom is 0.137 e. The molecule has 0 atom stereocenters. The number of para-hydroxylation sites is 1. The second-order valence-electron chi connectivity index (χ2n) is 16.0. The van der Waals surface area contributed by atoms with Crippen molar-refractivity contribution in [2.75, 3.05) is 4.90 Å². The highest BCUT2D eigenvalue weighted by molar-refractivity contribution is 6.14. The molecule has 1 aliphatic rings. The number of anilines is 3. The standard InChI is InChI=1S/C57H41NO/c1-57(2)49-29-13-11-25-45(49)48-37-41(34-35-50(48)57)40-22-15-23-42(36-40)58(52-31-17-33-54-56(52)47-27-12-14-32-53(47)59-54)51-30-16-28-44(39-20-7-4-8-21-39)55(51)46-26-10-9-24-43(46)38-18-5-3-6-19-38/h3-37H,1-2H3. The lowest BCUT2D eigenvalue weighted by Gasteiger charge is -2.30. The number of hydrogen-bond acceptors (Lipinski definition) is 2. The molecule has 2 nitrogen and oxygen atoms in total. The van der Waals surface area contributed by atoms with E-state index in [1.54, 1.807) is 0 Å². The topological polar surface area (TPSA) is 16.4 Å². The largest absolute Gasteiger partial charge is 0.456 e. The molecule has 1 aliphatic carbocycles. The Kier molecular flexibility index (Phi) is 8.20. The Bertz CT molecular complexity index is 3190. The van der Waals surface area contributed by atoms with Crippen molar-refractivity contribution in [3.63, 3.8) is 0 Å². The number of hydrogen-bond donors (Lipinski definition) is 0. The van der Waals surface area contributed by atoms with Gasteiger partial charge in [0.05, 0.1) is 16.8 Å². The first kappa shape index (κ1) is 34.8. The third-order valence-corrected chi connectivity index (χ3v) is 12.3. The monoisotopic (exact) mass is 755 g/mol. The van der Waals surface area contributed by atoms with E-state index in [-0.39, 0.29) is 5.41 Å². The van der Waals surface area contributed by atoms with Crippen molar-refractivity contribution in [2.45, 2.75) is 19.3 Å². The van der Waals surface area contributed by atoms with Crippen LogP contribution in [-0.4, -0.2) is 0 Å². The van der Waals surface area contributed by atoms with Crippen LogP contribution in [0.2, 0.25) is 0 Å². The SMILES string of the molecule is CC1(C)c2ccccc2-c2cc(-c3cccc(N(c4cccc(-c5ccccc5)c4-c4ccccc4-c4ccccc4)c4cccc5oc6ccccc6c45)c3)ccc21. The molecule has 59 heavy (non-hydrogen) atoms. The van der Waals surface area contributed by atoms with Crippen molar-refractivity contribution in [1.29, 1.82) is 0 Å². The van der Waals surface area contributed by atoms with E-state index < -0.39 is 0 Å². The molecule has 2 heteroatoms. The molecule has 11 rings (SSSR count). The molecule has 9 aromatic carbocycles. The van der Waals surface area contributed by atoms with E-state index in [2.05, 4.69) is 225 Å². The highest BCUT2D eigenvalue weighted by Gasteiger charge is 2.35. The number of nitrogens with zero attached hydrogens (tertiary/aromatic N) is 1. The average molecular weight is 756 g/mol. The predicted molar refractivity (Wildman–Crippen MR) is 248 cm³/mol. The van der Waals surface area contributed by atoms with E-state index >= 15 is 0 Å². The Hall–Kier alpha value is -7.42. The molecule has 10 aromatic rings. The van der Waals surface area contributed by atoms with E-state index in [1.807, 2.05) is 6.07 Å². The summed E-state index contributed by atoms with van der Waals surface area (Å²) < 4.78 is 6.55. The molecular weight excluding hydrogens is 715 g/mol. The van der Waals surface area contributed by atoms with E-state index in [1.165, 1.54) is 44.5 Å². The fourth-order valence-electron chi connectivity index (χ4n) is 9.51. The van der Waals surface area contributed by atoms with Gasteiger partial charge in [0.1, 0.15) is 11.2 Å². The Labute approximate surface area is 345 Å². The summed E-state index contributed by atoms with van der Waals surface area (Å²) in [5.41, 5.74) is 19.6. The van der Waals surface area contributed by atoms with Crippen LogP contribution in [0.5, 0.6) is 0 Å². The molecule has 0 saturated carbocycles. The average Bonchev–Trinajstić information content (AvgIpc) is 3.79. The van der Waals surface area contributed by atoms with E-state index in [9.17, 15) is 0 Å². The maximum absolute atomic E-state index is 6.55. The van der Waals surface area contributed by atoms with Gasteiger partial charge in [-0.1, -0.05) is 184 Å². The lowest BCUT2D eigenvalue weighted by molar-refractivity contribution is 0.660. The van der Waals surface area contributed by atoms with Crippen molar-refractivity contribution >= 4 is 39.0 Å². The second kappa shape index (κ2) is 13.9. The van der Waals surface area contributed by atoms with Crippen molar-refractivity contribution < 1.29 is 4.42 Å². The number of furan rings is 1. The van der Waals surface area contributed by atoms with Crippen LogP contribution < -0.4 is 4.90 Å². The van der Waals surface area contributed by atoms with Crippen molar-refractivity contribution in [1.82, 2.24) is 0 Å². The minimum Gasteiger partial charge on any atom is -0.456 e. The molecule has 0 amide bonds. The normalized spacial score (nSPS) is 12.7. The molecule has 280 valence electrons. The second-order valence-corrected chi connectivity index (χ2v) is 16.0. The Morgan fingerprint density at radius 1 is 0.373 bits per heavy atom. The lowest BCUT2D eigenvalue weighted by Crippen LogP contribution is -2.14. The first-order valence-corrected chi connectivity index (χ1v) is 20.4. The van der Waals surface area contributed by atoms with Crippen LogP contribution in [0.3, 0.4) is 0 Å². The van der Waals surface area contributed by atoms with E-state index in [0.29, 0.717) is 0 Å². The fraction of sp³-hybridized carbons (Fsp3) is 0.0526. The molecule has 1 aromatic heterocycles. The van der Waals surface area contributed by atoms with Crippen molar-refractivity contribution in [2.24, 2.45) is 0 Å². The minimum atomic E-state index is -0.0502. The van der Waals surface area contributed by atoms with Gasteiger partial charge in [-0.15, -0.1) is 0 Å². The van der Waals surface area contributed by atoms with Crippen LogP contribution in [0.4, 0.5) is 17.1 Å². The maximum atomic E-state index is 6.55. The molecule has 1 heterocycles. The minimum absolute atomic E-state index is 0.0502. The molecular formula is C57H41NO. The van der Waals surface area contributed by atoms with Crippen LogP contribution in [-0.2, 0) is 5.41 Å². The first-order valence-electron chi connectivity index (χ1n) is 20.4. The highest BCUT2D eigenvalue weighted by Crippen LogP contribution is 2.52. The van der Waals surface area contributed by atoms with Crippen LogP contribution in [0.15, 0.2) is 217 Å². The smallest absolute Gasteiger partial charge is 0.137 e. The van der Waals surface area contributed by atoms with Gasteiger partial charge < -0.3 is 9.32 Å². The van der Waals surface area contributed by atoms with Gasteiger partial charge in [0.25, 0.3) is 0 Å². The molecule has 0 saturated heterocycles. The highest BCUT2D eigenvalue weighted by atomic mass is 16.3. The Morgan fingerprint density at radius 2 is 0.932 bits per heavy atom. The summed E-state index contributed by atoms with van der Waals surface area (Å²) in [6.45, 7) is 4.68. The molecule has 0 spiro atoms. The summed E-state index contributed by atoms with van der Waals surface area (Å²) in [4.78, 5) is 2.46. The number of fused-ring (bicyclic) bond motifs is 6. The molecule has 0 unspecified atom stereocenters. The van der Waals surface area contributed by atoms with Gasteiger partial charge in [-0.05, 0) is 104 Å². The zero-order valence-electron chi connectivity index (χ0n) is 33.1. The van der Waals surface area contributed by atoms with Gasteiger partial charge >= 0.3 is 0 Å². The Balaban J connectivity index is 1.20. The summed E-state index contributed by atoms with van der Waals surface area (Å²) in [6.07, 6.45) is 0.